The normalized spacial score (nSPS) is 9.39. The van der Waals surface area contributed by atoms with Gasteiger partial charge in [0.05, 0.1) is 22.2 Å². The Morgan fingerprint density at radius 1 is 1.28 bits per heavy atom. The topological polar surface area (TPSA) is 75.7 Å². The summed E-state index contributed by atoms with van der Waals surface area (Å²) in [6.45, 7) is 2.64. The van der Waals surface area contributed by atoms with Gasteiger partial charge in [-0.1, -0.05) is 23.2 Å². The molecule has 1 aromatic heterocycles. The fourth-order valence-electron chi connectivity index (χ4n) is 1.35. The quantitative estimate of drug-likeness (QED) is 0.841. The predicted molar refractivity (Wildman–Crippen MR) is 71.9 cm³/mol. The largest absolute Gasteiger partial charge is 0.369 e. The van der Waals surface area contributed by atoms with Crippen LogP contribution in [0.1, 0.15) is 6.92 Å². The van der Waals surface area contributed by atoms with E-state index in [-0.39, 0.29) is 13.1 Å². The first-order valence-corrected chi connectivity index (χ1v) is 5.98. The third kappa shape index (κ3) is 3.40. The van der Waals surface area contributed by atoms with Crippen LogP contribution in [0.25, 0.3) is 0 Å². The van der Waals surface area contributed by atoms with Crippen LogP contribution in [-0.4, -0.2) is 24.6 Å². The smallest absolute Gasteiger partial charge is 0.151 e. The van der Waals surface area contributed by atoms with Crippen molar-refractivity contribution in [3.05, 3.63) is 16.1 Å². The van der Waals surface area contributed by atoms with Gasteiger partial charge in [0.2, 0.25) is 0 Å². The fraction of sp³-hybridized carbons (Fsp3) is 0.364. The molecule has 0 aromatic carbocycles. The molecule has 94 valence electrons. The van der Waals surface area contributed by atoms with E-state index < -0.39 is 0 Å². The van der Waals surface area contributed by atoms with Crippen LogP contribution in [0, 0.1) is 22.7 Å². The Morgan fingerprint density at radius 2 is 1.89 bits per heavy atom. The second-order valence-corrected chi connectivity index (χ2v) is 4.14. The molecule has 0 aliphatic rings. The molecule has 0 fully saturated rings. The highest BCUT2D eigenvalue weighted by molar-refractivity contribution is 6.37. The molecule has 0 aliphatic heterocycles. The summed E-state index contributed by atoms with van der Waals surface area (Å²) in [4.78, 5) is 5.73. The third-order valence-electron chi connectivity index (χ3n) is 2.08. The maximum Gasteiger partial charge on any atom is 0.151 e. The molecule has 1 N–H and O–H groups in total. The Hall–Kier alpha value is -1.69. The molecule has 1 aromatic rings. The zero-order valence-corrected chi connectivity index (χ0v) is 11.3. The third-order valence-corrected chi connectivity index (χ3v) is 2.64. The molecule has 18 heavy (non-hydrogen) atoms. The van der Waals surface area contributed by atoms with E-state index >= 15 is 0 Å². The van der Waals surface area contributed by atoms with Gasteiger partial charge >= 0.3 is 0 Å². The lowest BCUT2D eigenvalue weighted by Gasteiger charge is -2.19. The van der Waals surface area contributed by atoms with Crippen molar-refractivity contribution in [2.45, 2.75) is 6.92 Å². The van der Waals surface area contributed by atoms with Crippen LogP contribution < -0.4 is 10.2 Å². The first kappa shape index (κ1) is 14.4. The zero-order chi connectivity index (χ0) is 13.5. The van der Waals surface area contributed by atoms with Crippen molar-refractivity contribution in [3.63, 3.8) is 0 Å². The molecule has 0 radical (unpaired) electrons. The summed E-state index contributed by atoms with van der Waals surface area (Å²) in [6.07, 6.45) is 0. The molecule has 1 heterocycles. The second-order valence-electron chi connectivity index (χ2n) is 3.33. The molecule has 0 saturated heterocycles. The summed E-state index contributed by atoms with van der Waals surface area (Å²) in [7, 11) is 0. The van der Waals surface area contributed by atoms with Crippen LogP contribution in [0.15, 0.2) is 6.07 Å². The van der Waals surface area contributed by atoms with Gasteiger partial charge in [0.15, 0.2) is 5.82 Å². The van der Waals surface area contributed by atoms with Crippen molar-refractivity contribution in [1.29, 1.82) is 10.5 Å². The van der Waals surface area contributed by atoms with Gasteiger partial charge < -0.3 is 10.2 Å². The minimum Gasteiger partial charge on any atom is -0.369 e. The monoisotopic (exact) mass is 283 g/mol. The van der Waals surface area contributed by atoms with Crippen LogP contribution in [0.3, 0.4) is 0 Å². The molecule has 7 heteroatoms. The van der Waals surface area contributed by atoms with E-state index in [0.29, 0.717) is 28.2 Å². The summed E-state index contributed by atoms with van der Waals surface area (Å²) in [5.74, 6) is 0.861. The summed E-state index contributed by atoms with van der Waals surface area (Å²) >= 11 is 12.0. The Balaban J connectivity index is 3.17. The highest BCUT2D eigenvalue weighted by Crippen LogP contribution is 2.31. The van der Waals surface area contributed by atoms with Crippen LogP contribution in [0.4, 0.5) is 11.6 Å². The maximum absolute atomic E-state index is 8.73. The van der Waals surface area contributed by atoms with Gasteiger partial charge in [0, 0.05) is 6.54 Å². The van der Waals surface area contributed by atoms with E-state index in [2.05, 4.69) is 10.3 Å². The van der Waals surface area contributed by atoms with Crippen LogP contribution in [0.2, 0.25) is 10.0 Å². The molecule has 0 amide bonds. The number of nitriles is 2. The number of anilines is 2. The van der Waals surface area contributed by atoms with Crippen molar-refractivity contribution in [2.24, 2.45) is 0 Å². The highest BCUT2D eigenvalue weighted by Gasteiger charge is 2.15. The molecule has 0 bridgehead atoms. The summed E-state index contributed by atoms with van der Waals surface area (Å²) in [6, 6.07) is 5.48. The van der Waals surface area contributed by atoms with E-state index in [0.717, 1.165) is 0 Å². The summed E-state index contributed by atoms with van der Waals surface area (Å²) in [5.41, 5.74) is 0. The van der Waals surface area contributed by atoms with E-state index in [9.17, 15) is 0 Å². The first-order chi connectivity index (χ1) is 8.63. The van der Waals surface area contributed by atoms with Crippen LogP contribution in [-0.2, 0) is 0 Å². The number of halogens is 2. The van der Waals surface area contributed by atoms with Crippen LogP contribution in [0.5, 0.6) is 0 Å². The summed E-state index contributed by atoms with van der Waals surface area (Å²) < 4.78 is 0. The molecule has 0 aliphatic carbocycles. The summed E-state index contributed by atoms with van der Waals surface area (Å²) in [5, 5.41) is 21.2. The number of nitrogens with one attached hydrogen (secondary N) is 1. The first-order valence-electron chi connectivity index (χ1n) is 5.22. The predicted octanol–water partition coefficient (Wildman–Crippen LogP) is 2.67. The molecule has 0 spiro atoms. The average Bonchev–Trinajstić information content (AvgIpc) is 2.33. The van der Waals surface area contributed by atoms with Crippen molar-refractivity contribution >= 4 is 34.8 Å². The van der Waals surface area contributed by atoms with E-state index in [4.69, 9.17) is 33.7 Å². The van der Waals surface area contributed by atoms with Gasteiger partial charge in [-0.2, -0.15) is 10.5 Å². The van der Waals surface area contributed by atoms with Gasteiger partial charge in [-0.15, -0.1) is 0 Å². The Labute approximate surface area is 116 Å². The number of pyridine rings is 1. The molecule has 0 unspecified atom stereocenters. The van der Waals surface area contributed by atoms with E-state index in [1.807, 2.05) is 19.1 Å². The Bertz CT molecular complexity index is 487. The zero-order valence-electron chi connectivity index (χ0n) is 9.74. The molecule has 0 atom stereocenters. The second kappa shape index (κ2) is 6.90. The standard InChI is InChI=1S/C11H11Cl2N5/c1-2-16-10-8(12)7-9(13)11(17-10)18(5-3-14)6-4-15/h7H,2,5-6H2,1H3,(H,16,17). The molecule has 5 nitrogen and oxygen atoms in total. The van der Waals surface area contributed by atoms with Crippen molar-refractivity contribution in [1.82, 2.24) is 4.98 Å². The number of nitrogens with zero attached hydrogens (tertiary/aromatic N) is 4. The molecular weight excluding hydrogens is 273 g/mol. The van der Waals surface area contributed by atoms with Gasteiger partial charge in [-0.25, -0.2) is 4.98 Å². The fourth-order valence-corrected chi connectivity index (χ4v) is 1.89. The molecule has 0 saturated carbocycles. The Morgan fingerprint density at radius 3 is 2.39 bits per heavy atom. The average molecular weight is 284 g/mol. The molecule has 1 rings (SSSR count). The number of rotatable bonds is 5. The lowest BCUT2D eigenvalue weighted by atomic mass is 10.3. The maximum atomic E-state index is 8.73. The lowest BCUT2D eigenvalue weighted by molar-refractivity contribution is 0.935. The van der Waals surface area contributed by atoms with E-state index in [1.54, 1.807) is 6.07 Å². The van der Waals surface area contributed by atoms with E-state index in [1.165, 1.54) is 4.90 Å². The Kier molecular flexibility index (Phi) is 5.51. The van der Waals surface area contributed by atoms with Crippen molar-refractivity contribution in [3.8, 4) is 12.1 Å². The SMILES string of the molecule is CCNc1nc(N(CC#N)CC#N)c(Cl)cc1Cl. The minimum atomic E-state index is 0.0352. The van der Waals surface area contributed by atoms with Gasteiger partial charge in [0.1, 0.15) is 18.9 Å². The van der Waals surface area contributed by atoms with Gasteiger partial charge in [0.25, 0.3) is 0 Å². The number of aromatic nitrogens is 1. The van der Waals surface area contributed by atoms with Crippen molar-refractivity contribution < 1.29 is 0 Å². The number of hydrogen-bond donors (Lipinski definition) is 1. The van der Waals surface area contributed by atoms with Gasteiger partial charge in [-0.05, 0) is 13.0 Å². The van der Waals surface area contributed by atoms with Crippen LogP contribution >= 0.6 is 23.2 Å². The van der Waals surface area contributed by atoms with Gasteiger partial charge in [-0.3, -0.25) is 0 Å². The van der Waals surface area contributed by atoms with Crippen molar-refractivity contribution in [2.75, 3.05) is 29.9 Å². The minimum absolute atomic E-state index is 0.0352. The molecular formula is C11H11Cl2N5. The number of hydrogen-bond acceptors (Lipinski definition) is 5. The highest BCUT2D eigenvalue weighted by atomic mass is 35.5. The lowest BCUT2D eigenvalue weighted by Crippen LogP contribution is -2.25.